The first-order valence-corrected chi connectivity index (χ1v) is 5.39. The molecule has 0 spiro atoms. The molecule has 3 heterocycles. The molecule has 6 heteroatoms. The molecule has 0 saturated carbocycles. The lowest BCUT2D eigenvalue weighted by Crippen LogP contribution is -2.33. The van der Waals surface area contributed by atoms with Crippen molar-refractivity contribution < 1.29 is 14.6 Å². The number of nitrogens with one attached hydrogen (secondary N) is 1. The summed E-state index contributed by atoms with van der Waals surface area (Å²) in [6.45, 7) is 2.61. The molecule has 1 saturated heterocycles. The molecular formula is C10H13N3O3. The molecule has 0 radical (unpaired) electrons. The summed E-state index contributed by atoms with van der Waals surface area (Å²) in [5.74, 6) is -0.887. The van der Waals surface area contributed by atoms with Crippen LogP contribution in [0.15, 0.2) is 0 Å². The van der Waals surface area contributed by atoms with Crippen molar-refractivity contribution in [1.82, 2.24) is 15.1 Å². The monoisotopic (exact) mass is 223 g/mol. The first kappa shape index (κ1) is 9.80. The number of ether oxygens (including phenoxy) is 1. The van der Waals surface area contributed by atoms with Gasteiger partial charge in [-0.1, -0.05) is 0 Å². The van der Waals surface area contributed by atoms with Crippen LogP contribution in [0.5, 0.6) is 0 Å². The van der Waals surface area contributed by atoms with Crippen LogP contribution in [0.3, 0.4) is 0 Å². The molecule has 0 bridgehead atoms. The third-order valence-corrected chi connectivity index (χ3v) is 3.10. The number of nitrogens with zero attached hydrogens (tertiary/aromatic N) is 2. The third-order valence-electron chi connectivity index (χ3n) is 3.10. The Morgan fingerprint density at radius 3 is 3.00 bits per heavy atom. The first-order chi connectivity index (χ1) is 7.77. The van der Waals surface area contributed by atoms with Gasteiger partial charge in [-0.05, 0) is 13.0 Å². The van der Waals surface area contributed by atoms with Gasteiger partial charge in [0.25, 0.3) is 0 Å². The fourth-order valence-corrected chi connectivity index (χ4v) is 2.20. The smallest absolute Gasteiger partial charge is 0.354 e. The maximum Gasteiger partial charge on any atom is 0.354 e. The number of aromatic carboxylic acids is 1. The molecule has 2 N–H and O–H groups in total. The molecule has 16 heavy (non-hydrogen) atoms. The molecule has 0 unspecified atom stereocenters. The van der Waals surface area contributed by atoms with Gasteiger partial charge >= 0.3 is 5.97 Å². The summed E-state index contributed by atoms with van der Waals surface area (Å²) in [7, 11) is 0. The van der Waals surface area contributed by atoms with E-state index in [1.807, 2.05) is 0 Å². The average molecular weight is 223 g/mol. The zero-order valence-corrected chi connectivity index (χ0v) is 8.77. The Hall–Kier alpha value is -1.40. The lowest BCUT2D eigenvalue weighted by Gasteiger charge is -2.27. The zero-order valence-electron chi connectivity index (χ0n) is 8.77. The van der Waals surface area contributed by atoms with E-state index in [2.05, 4.69) is 10.4 Å². The summed E-state index contributed by atoms with van der Waals surface area (Å²) in [4.78, 5) is 11.3. The molecular weight excluding hydrogens is 210 g/mol. The van der Waals surface area contributed by atoms with Crippen LogP contribution in [0.25, 0.3) is 0 Å². The zero-order chi connectivity index (χ0) is 11.1. The van der Waals surface area contributed by atoms with Gasteiger partial charge in [0.2, 0.25) is 0 Å². The summed E-state index contributed by atoms with van der Waals surface area (Å²) in [5.41, 5.74) is 2.11. The summed E-state index contributed by atoms with van der Waals surface area (Å²) < 4.78 is 6.72. The number of hydrogen-bond acceptors (Lipinski definition) is 4. The molecule has 2 aliphatic heterocycles. The molecule has 1 aromatic rings. The molecule has 2 aliphatic rings. The van der Waals surface area contributed by atoms with Gasteiger partial charge in [-0.3, -0.25) is 0 Å². The minimum absolute atomic E-state index is 0.0942. The molecule has 86 valence electrons. The Bertz CT molecular complexity index is 437. The van der Waals surface area contributed by atoms with E-state index < -0.39 is 5.97 Å². The van der Waals surface area contributed by atoms with Crippen molar-refractivity contribution in [2.45, 2.75) is 19.0 Å². The van der Waals surface area contributed by atoms with E-state index in [0.29, 0.717) is 25.5 Å². The van der Waals surface area contributed by atoms with E-state index in [4.69, 9.17) is 4.74 Å². The van der Waals surface area contributed by atoms with Crippen molar-refractivity contribution in [3.05, 3.63) is 17.0 Å². The van der Waals surface area contributed by atoms with E-state index in [-0.39, 0.29) is 6.04 Å². The van der Waals surface area contributed by atoms with Gasteiger partial charge in [0.05, 0.1) is 24.9 Å². The maximum absolute atomic E-state index is 11.3. The van der Waals surface area contributed by atoms with E-state index in [1.54, 1.807) is 4.68 Å². The molecule has 0 atom stereocenters. The van der Waals surface area contributed by atoms with Gasteiger partial charge in [0.15, 0.2) is 0 Å². The summed E-state index contributed by atoms with van der Waals surface area (Å²) in [6, 6.07) is 0.0942. The maximum atomic E-state index is 11.3. The van der Waals surface area contributed by atoms with Crippen LogP contribution in [-0.4, -0.2) is 40.6 Å². The Morgan fingerprint density at radius 1 is 1.56 bits per heavy atom. The van der Waals surface area contributed by atoms with Gasteiger partial charge in [0, 0.05) is 12.1 Å². The van der Waals surface area contributed by atoms with Crippen molar-refractivity contribution in [2.24, 2.45) is 0 Å². The highest BCUT2D eigenvalue weighted by Crippen LogP contribution is 2.25. The molecule has 1 aromatic heterocycles. The van der Waals surface area contributed by atoms with Crippen molar-refractivity contribution in [3.8, 4) is 0 Å². The van der Waals surface area contributed by atoms with Gasteiger partial charge in [-0.15, -0.1) is 0 Å². The molecule has 0 aliphatic carbocycles. The highest BCUT2D eigenvalue weighted by molar-refractivity contribution is 5.88. The van der Waals surface area contributed by atoms with Gasteiger partial charge in [0.1, 0.15) is 5.69 Å². The Balaban J connectivity index is 2.08. The summed E-state index contributed by atoms with van der Waals surface area (Å²) in [6.07, 6.45) is 0.741. The minimum atomic E-state index is -0.887. The van der Waals surface area contributed by atoms with Crippen LogP contribution < -0.4 is 5.32 Å². The number of fused-ring (bicyclic) bond motifs is 1. The SMILES string of the molecule is O=C(O)c1c2c(nn1C1COC1)CNCC2. The summed E-state index contributed by atoms with van der Waals surface area (Å²) >= 11 is 0. The lowest BCUT2D eigenvalue weighted by atomic mass is 10.1. The Morgan fingerprint density at radius 2 is 2.38 bits per heavy atom. The standard InChI is InChI=1S/C10H13N3O3/c14-10(15)9-7-1-2-11-3-8(7)12-13(9)6-4-16-5-6/h6,11H,1-5H2,(H,14,15). The minimum Gasteiger partial charge on any atom is -0.477 e. The molecule has 1 fully saturated rings. The van der Waals surface area contributed by atoms with E-state index in [9.17, 15) is 9.90 Å². The van der Waals surface area contributed by atoms with Crippen LogP contribution in [0, 0.1) is 0 Å². The number of carboxylic acid groups (broad SMARTS) is 1. The second-order valence-corrected chi connectivity index (χ2v) is 4.14. The highest BCUT2D eigenvalue weighted by atomic mass is 16.5. The van der Waals surface area contributed by atoms with E-state index in [0.717, 1.165) is 24.2 Å². The first-order valence-electron chi connectivity index (χ1n) is 5.39. The number of carboxylic acids is 1. The predicted octanol–water partition coefficient (Wildman–Crippen LogP) is -0.202. The van der Waals surface area contributed by atoms with Crippen LogP contribution in [0.1, 0.15) is 27.8 Å². The highest BCUT2D eigenvalue weighted by Gasteiger charge is 2.31. The average Bonchev–Trinajstić information content (AvgIpc) is 2.53. The molecule has 0 amide bonds. The van der Waals surface area contributed by atoms with Crippen LogP contribution in [-0.2, 0) is 17.7 Å². The van der Waals surface area contributed by atoms with Crippen molar-refractivity contribution in [3.63, 3.8) is 0 Å². The summed E-state index contributed by atoms with van der Waals surface area (Å²) in [5, 5.41) is 16.8. The molecule has 6 nitrogen and oxygen atoms in total. The van der Waals surface area contributed by atoms with Crippen molar-refractivity contribution in [2.75, 3.05) is 19.8 Å². The van der Waals surface area contributed by atoms with Crippen LogP contribution in [0.2, 0.25) is 0 Å². The second-order valence-electron chi connectivity index (χ2n) is 4.14. The van der Waals surface area contributed by atoms with Crippen molar-refractivity contribution in [1.29, 1.82) is 0 Å². The fourth-order valence-electron chi connectivity index (χ4n) is 2.20. The van der Waals surface area contributed by atoms with Crippen LogP contribution >= 0.6 is 0 Å². The van der Waals surface area contributed by atoms with Crippen molar-refractivity contribution >= 4 is 5.97 Å². The quantitative estimate of drug-likeness (QED) is 0.726. The Kier molecular flexibility index (Phi) is 2.19. The Labute approximate surface area is 92.2 Å². The lowest BCUT2D eigenvalue weighted by molar-refractivity contribution is -0.0301. The van der Waals surface area contributed by atoms with E-state index >= 15 is 0 Å². The normalized spacial score (nSPS) is 20.2. The van der Waals surface area contributed by atoms with Gasteiger partial charge < -0.3 is 15.2 Å². The number of carbonyl (C=O) groups is 1. The topological polar surface area (TPSA) is 76.4 Å². The van der Waals surface area contributed by atoms with Crippen LogP contribution in [0.4, 0.5) is 0 Å². The molecule has 3 rings (SSSR count). The largest absolute Gasteiger partial charge is 0.477 e. The predicted molar refractivity (Wildman–Crippen MR) is 54.5 cm³/mol. The number of aromatic nitrogens is 2. The van der Waals surface area contributed by atoms with E-state index in [1.165, 1.54) is 0 Å². The molecule has 0 aromatic carbocycles. The van der Waals surface area contributed by atoms with Gasteiger partial charge in [-0.25, -0.2) is 9.48 Å². The number of rotatable bonds is 2. The van der Waals surface area contributed by atoms with Gasteiger partial charge in [-0.2, -0.15) is 5.10 Å². The number of hydrogen-bond donors (Lipinski definition) is 2. The third kappa shape index (κ3) is 1.34. The fraction of sp³-hybridized carbons (Fsp3) is 0.600. The second kappa shape index (κ2) is 3.57.